The maximum atomic E-state index is 13.2. The fraction of sp³-hybridized carbons (Fsp3) is 0.154. The summed E-state index contributed by atoms with van der Waals surface area (Å²) in [4.78, 5) is 11.9. The van der Waals surface area contributed by atoms with Gasteiger partial charge in [0, 0.05) is 12.1 Å². The van der Waals surface area contributed by atoms with Gasteiger partial charge in [-0.1, -0.05) is 0 Å². The molecule has 1 amide bonds. The van der Waals surface area contributed by atoms with Crippen LogP contribution in [0.5, 0.6) is 0 Å². The van der Waals surface area contributed by atoms with Crippen molar-refractivity contribution >= 4 is 22.9 Å². The monoisotopic (exact) mass is 264 g/mol. The maximum absolute atomic E-state index is 13.2. The lowest BCUT2D eigenvalue weighted by atomic mass is 10.1. The molecule has 3 nitrogen and oxygen atoms in total. The molecule has 0 saturated carbocycles. The Hall–Kier alpha value is -1.88. The summed E-state index contributed by atoms with van der Waals surface area (Å²) in [6, 6.07) is 4.58. The highest BCUT2D eigenvalue weighted by molar-refractivity contribution is 7.07. The van der Waals surface area contributed by atoms with E-state index in [-0.39, 0.29) is 11.6 Å². The lowest BCUT2D eigenvalue weighted by Gasteiger charge is -2.08. The molecule has 0 radical (unpaired) electrons. The highest BCUT2D eigenvalue weighted by Crippen LogP contribution is 2.17. The van der Waals surface area contributed by atoms with E-state index in [1.807, 2.05) is 16.8 Å². The Morgan fingerprint density at radius 1 is 1.50 bits per heavy atom. The van der Waals surface area contributed by atoms with Crippen molar-refractivity contribution in [3.63, 3.8) is 0 Å². The minimum absolute atomic E-state index is 0.0127. The van der Waals surface area contributed by atoms with Crippen molar-refractivity contribution < 1.29 is 9.18 Å². The number of amides is 1. The van der Waals surface area contributed by atoms with Crippen molar-refractivity contribution in [3.05, 3.63) is 51.5 Å². The number of nitrogens with one attached hydrogen (secondary N) is 1. The first-order chi connectivity index (χ1) is 8.58. The predicted octanol–water partition coefficient (Wildman–Crippen LogP) is 2.71. The quantitative estimate of drug-likeness (QED) is 0.837. The van der Waals surface area contributed by atoms with Gasteiger partial charge >= 0.3 is 0 Å². The molecule has 3 N–H and O–H groups in total. The third kappa shape index (κ3) is 2.68. The highest BCUT2D eigenvalue weighted by Gasteiger charge is 2.11. The molecule has 94 valence electrons. The van der Waals surface area contributed by atoms with Crippen LogP contribution in [0.15, 0.2) is 29.0 Å². The predicted molar refractivity (Wildman–Crippen MR) is 71.0 cm³/mol. The standard InChI is InChI=1S/C13H13FN2OS/c1-8-4-11(14)12(15)5-10(8)13(17)16-6-9-2-3-18-7-9/h2-5,7H,6,15H2,1H3,(H,16,17). The molecule has 0 fully saturated rings. The van der Waals surface area contributed by atoms with Gasteiger partial charge in [-0.3, -0.25) is 4.79 Å². The largest absolute Gasteiger partial charge is 0.396 e. The molecule has 1 aromatic carbocycles. The Morgan fingerprint density at radius 3 is 2.94 bits per heavy atom. The Bertz CT molecular complexity index is 567. The van der Waals surface area contributed by atoms with E-state index in [0.29, 0.717) is 17.7 Å². The Morgan fingerprint density at radius 2 is 2.28 bits per heavy atom. The number of hydrogen-bond acceptors (Lipinski definition) is 3. The first kappa shape index (κ1) is 12.6. The Labute approximate surface area is 108 Å². The molecular weight excluding hydrogens is 251 g/mol. The molecule has 5 heteroatoms. The third-order valence-corrected chi connectivity index (χ3v) is 3.35. The average Bonchev–Trinajstić information content (AvgIpc) is 2.84. The third-order valence-electron chi connectivity index (χ3n) is 2.62. The van der Waals surface area contributed by atoms with Gasteiger partial charge in [-0.2, -0.15) is 11.3 Å². The second-order valence-corrected chi connectivity index (χ2v) is 4.78. The number of rotatable bonds is 3. The zero-order valence-electron chi connectivity index (χ0n) is 9.87. The van der Waals surface area contributed by atoms with Crippen LogP contribution in [-0.4, -0.2) is 5.91 Å². The van der Waals surface area contributed by atoms with Crippen LogP contribution < -0.4 is 11.1 Å². The number of thiophene rings is 1. The molecule has 1 aromatic heterocycles. The molecule has 18 heavy (non-hydrogen) atoms. The summed E-state index contributed by atoms with van der Waals surface area (Å²) in [5, 5.41) is 6.69. The number of halogens is 1. The van der Waals surface area contributed by atoms with Crippen LogP contribution in [0.4, 0.5) is 10.1 Å². The average molecular weight is 264 g/mol. The molecule has 0 aliphatic carbocycles. The van der Waals surface area contributed by atoms with Crippen LogP contribution in [0.3, 0.4) is 0 Å². The normalized spacial score (nSPS) is 10.3. The van der Waals surface area contributed by atoms with E-state index in [1.165, 1.54) is 12.1 Å². The molecule has 2 rings (SSSR count). The van der Waals surface area contributed by atoms with Crippen molar-refractivity contribution in [2.24, 2.45) is 0 Å². The van der Waals surface area contributed by atoms with Crippen molar-refractivity contribution in [2.75, 3.05) is 5.73 Å². The van der Waals surface area contributed by atoms with Gasteiger partial charge in [0.05, 0.1) is 5.69 Å². The minimum Gasteiger partial charge on any atom is -0.396 e. The van der Waals surface area contributed by atoms with Gasteiger partial charge < -0.3 is 11.1 Å². The smallest absolute Gasteiger partial charge is 0.251 e. The Balaban J connectivity index is 2.11. The lowest BCUT2D eigenvalue weighted by molar-refractivity contribution is 0.0950. The molecule has 0 unspecified atom stereocenters. The molecule has 1 heterocycles. The van der Waals surface area contributed by atoms with E-state index in [0.717, 1.165) is 5.56 Å². The van der Waals surface area contributed by atoms with Gasteiger partial charge in [0.1, 0.15) is 5.82 Å². The van der Waals surface area contributed by atoms with Crippen molar-refractivity contribution in [1.82, 2.24) is 5.32 Å². The van der Waals surface area contributed by atoms with Crippen molar-refractivity contribution in [3.8, 4) is 0 Å². The second kappa shape index (κ2) is 5.18. The summed E-state index contributed by atoms with van der Waals surface area (Å²) in [5.41, 5.74) is 7.47. The van der Waals surface area contributed by atoms with Crippen molar-refractivity contribution in [2.45, 2.75) is 13.5 Å². The van der Waals surface area contributed by atoms with Crippen LogP contribution >= 0.6 is 11.3 Å². The topological polar surface area (TPSA) is 55.1 Å². The van der Waals surface area contributed by atoms with Gasteiger partial charge in [0.2, 0.25) is 0 Å². The molecule has 0 bridgehead atoms. The number of nitrogen functional groups attached to an aromatic ring is 1. The zero-order chi connectivity index (χ0) is 13.1. The van der Waals surface area contributed by atoms with Gasteiger partial charge in [0.25, 0.3) is 5.91 Å². The molecule has 0 aliphatic heterocycles. The number of hydrogen-bond donors (Lipinski definition) is 2. The van der Waals surface area contributed by atoms with Crippen LogP contribution in [0.1, 0.15) is 21.5 Å². The summed E-state index contributed by atoms with van der Waals surface area (Å²) < 4.78 is 13.2. The second-order valence-electron chi connectivity index (χ2n) is 4.00. The van der Waals surface area contributed by atoms with E-state index in [1.54, 1.807) is 18.3 Å². The fourth-order valence-corrected chi connectivity index (χ4v) is 2.27. The lowest BCUT2D eigenvalue weighted by Crippen LogP contribution is -2.23. The van der Waals surface area contributed by atoms with E-state index >= 15 is 0 Å². The minimum atomic E-state index is -0.498. The number of benzene rings is 1. The molecule has 2 aromatic rings. The fourth-order valence-electron chi connectivity index (χ4n) is 1.60. The molecule has 0 saturated heterocycles. The van der Waals surface area contributed by atoms with Gasteiger partial charge in [-0.15, -0.1) is 0 Å². The maximum Gasteiger partial charge on any atom is 0.251 e. The van der Waals surface area contributed by atoms with E-state index in [9.17, 15) is 9.18 Å². The highest BCUT2D eigenvalue weighted by atomic mass is 32.1. The van der Waals surface area contributed by atoms with Gasteiger partial charge in [-0.05, 0) is 47.0 Å². The van der Waals surface area contributed by atoms with Crippen LogP contribution in [0.2, 0.25) is 0 Å². The number of anilines is 1. The Kier molecular flexibility index (Phi) is 3.62. The van der Waals surface area contributed by atoms with Gasteiger partial charge in [-0.25, -0.2) is 4.39 Å². The number of carbonyl (C=O) groups is 1. The SMILES string of the molecule is Cc1cc(F)c(N)cc1C(=O)NCc1ccsc1. The number of carbonyl (C=O) groups excluding carboxylic acids is 1. The van der Waals surface area contributed by atoms with Gasteiger partial charge in [0.15, 0.2) is 0 Å². The van der Waals surface area contributed by atoms with E-state index in [2.05, 4.69) is 5.32 Å². The van der Waals surface area contributed by atoms with Crippen LogP contribution in [-0.2, 0) is 6.54 Å². The molecule has 0 spiro atoms. The first-order valence-electron chi connectivity index (χ1n) is 5.43. The van der Waals surface area contributed by atoms with Crippen LogP contribution in [0.25, 0.3) is 0 Å². The molecule has 0 aliphatic rings. The van der Waals surface area contributed by atoms with E-state index < -0.39 is 5.82 Å². The summed E-state index contributed by atoms with van der Waals surface area (Å²) in [7, 11) is 0. The summed E-state index contributed by atoms with van der Waals surface area (Å²) in [6.45, 7) is 2.14. The summed E-state index contributed by atoms with van der Waals surface area (Å²) >= 11 is 1.57. The first-order valence-corrected chi connectivity index (χ1v) is 6.37. The summed E-state index contributed by atoms with van der Waals surface area (Å²) in [5.74, 6) is -0.743. The number of aryl methyl sites for hydroxylation is 1. The number of nitrogens with two attached hydrogens (primary N) is 1. The van der Waals surface area contributed by atoms with Crippen LogP contribution in [0, 0.1) is 12.7 Å². The van der Waals surface area contributed by atoms with E-state index in [4.69, 9.17) is 5.73 Å². The molecular formula is C13H13FN2OS. The summed E-state index contributed by atoms with van der Waals surface area (Å²) in [6.07, 6.45) is 0. The molecule has 0 atom stereocenters. The zero-order valence-corrected chi connectivity index (χ0v) is 10.7. The van der Waals surface area contributed by atoms with Crippen molar-refractivity contribution in [1.29, 1.82) is 0 Å².